The maximum absolute atomic E-state index is 14.2. The summed E-state index contributed by atoms with van der Waals surface area (Å²) in [5.41, 5.74) is 32.1. The molecule has 0 amide bonds. The Bertz CT molecular complexity index is 7800. The quantitative estimate of drug-likeness (QED) is 0.112. The zero-order valence-corrected chi connectivity index (χ0v) is 73.4. The number of para-hydroxylation sites is 1. The van der Waals surface area contributed by atoms with E-state index in [9.17, 15) is 26.3 Å². The van der Waals surface area contributed by atoms with Gasteiger partial charge in [-0.25, -0.2) is 26.3 Å². The van der Waals surface area contributed by atoms with Crippen LogP contribution in [-0.4, -0.2) is 0 Å². The summed E-state index contributed by atoms with van der Waals surface area (Å²) >= 11 is 0. The first-order valence-corrected chi connectivity index (χ1v) is 42.1. The van der Waals surface area contributed by atoms with E-state index in [-0.39, 0.29) is 46.2 Å². The Morgan fingerprint density at radius 3 is 1.07 bits per heavy atom. The fourth-order valence-electron chi connectivity index (χ4n) is 18.5. The number of benzene rings is 12. The van der Waals surface area contributed by atoms with Gasteiger partial charge in [-0.15, -0.1) is 0 Å². The van der Waals surface area contributed by atoms with Gasteiger partial charge in [-0.3, -0.25) is 0 Å². The lowest BCUT2D eigenvalue weighted by atomic mass is 9.85. The average Bonchev–Trinajstić information content (AvgIpc) is 1.72. The number of aromatic nitrogens is 4. The lowest BCUT2D eigenvalue weighted by molar-refractivity contribution is -0.633. The highest BCUT2D eigenvalue weighted by Gasteiger charge is 2.32. The molecule has 0 saturated heterocycles. The van der Waals surface area contributed by atoms with E-state index in [0.717, 1.165) is 190 Å². The highest BCUT2D eigenvalue weighted by atomic mass is 19.1. The first-order chi connectivity index (χ1) is 58.6. The molecule has 8 heterocycles. The van der Waals surface area contributed by atoms with Crippen LogP contribution in [0.1, 0.15) is 121 Å². The summed E-state index contributed by atoms with van der Waals surface area (Å²) < 4.78 is 118. The van der Waals surface area contributed by atoms with Crippen molar-refractivity contribution in [3.05, 3.63) is 308 Å². The van der Waals surface area contributed by atoms with Crippen LogP contribution in [0.5, 0.6) is 0 Å². The van der Waals surface area contributed by atoms with E-state index in [1.165, 1.54) is 104 Å². The second-order valence-electron chi connectivity index (χ2n) is 35.7. The van der Waals surface area contributed by atoms with Crippen molar-refractivity contribution in [1.29, 1.82) is 0 Å². The number of rotatable bonds is 8. The van der Waals surface area contributed by atoms with Crippen LogP contribution in [0.15, 0.2) is 224 Å². The smallest absolute Gasteiger partial charge is 0.217 e. The molecule has 8 aromatic heterocycles. The third kappa shape index (κ3) is 14.8. The minimum Gasteiger partial charge on any atom is -0.455 e. The number of nitrogens with zero attached hydrogens (tertiary/aromatic N) is 4. The van der Waals surface area contributed by atoms with E-state index in [4.69, 9.17) is 17.7 Å². The minimum absolute atomic E-state index is 0.0320. The molecule has 12 aromatic carbocycles. The number of pyridine rings is 4. The second kappa shape index (κ2) is 31.5. The van der Waals surface area contributed by atoms with Crippen LogP contribution < -0.4 is 18.3 Å². The molecule has 618 valence electrons. The molecule has 20 aromatic rings. The van der Waals surface area contributed by atoms with Crippen LogP contribution in [0.2, 0.25) is 0 Å². The van der Waals surface area contributed by atoms with Gasteiger partial charge in [0.15, 0.2) is 0 Å². The molecular weight excluding hydrogens is 1540 g/mol. The number of furan rings is 4. The van der Waals surface area contributed by atoms with Gasteiger partial charge in [-0.1, -0.05) is 72.7 Å². The number of hydrogen-bond acceptors (Lipinski definition) is 4. The Labute approximate surface area is 711 Å². The molecule has 0 atom stereocenters. The predicted molar refractivity (Wildman–Crippen MR) is 490 cm³/mol. The standard InChI is InChI=1S/C29H28F2NO.C28H26F2NO.C27H24F2NO.C25H22NO/c1-16-11-23-21-9-7-20(31)14-26(21)33-28(23)27(17(16)2)25-12-18(15-29(3,4)5)22-13-19(30)8-10-24(22)32(25)6;1-15(2)10-18-12-25(31(5)24-9-7-19(29)13-22(18)24)27-17(4)16(3)11-23-21-8-6-20(30)14-26(21)32-28(23)27;1-14(2)20-13-24(30(5)23-9-7-17(28)11-21(20)23)26-16(4)15(3)10-22-19-8-6-18(29)12-25(19)31-27(22)26;1-15-9-10-18-11-12-21(26(4)22(18)13-15)24-17(3)16(2)14-20-19-7-5-6-8-23(19)27-25(20)24/h7-14H,15H2,1-6H3;6-9,11-15H,10H2,1-5H3;6-14H,1-5H3;5-14H,1-4H3/q4*+1. The summed E-state index contributed by atoms with van der Waals surface area (Å²) in [5.74, 6) is -1.02. The lowest BCUT2D eigenvalue weighted by Crippen LogP contribution is -2.33. The van der Waals surface area contributed by atoms with E-state index >= 15 is 0 Å². The van der Waals surface area contributed by atoms with Gasteiger partial charge in [0.1, 0.15) is 108 Å². The minimum atomic E-state index is -0.318. The SMILES string of the molecule is Cc1cc2c(oc3cc(F)ccc32)c(-c2cc(C(C)C)c3cc(F)ccc3[n+]2C)c1C.Cc1cc2c(oc3cc(F)ccc32)c(-c2cc(CC(C)(C)C)c3cc(F)ccc3[n+]2C)c1C.Cc1cc2c(oc3cc(F)ccc32)c(-c2cc(CC(C)C)c3cc(F)ccc3[n+]2C)c1C.Cc1ccc2ccc(-c3c(C)c(C)cc4c3oc3ccccc34)[n+](C)c2c1. The van der Waals surface area contributed by atoms with Crippen molar-refractivity contribution in [3.8, 4) is 45.0 Å². The Morgan fingerprint density at radius 2 is 0.642 bits per heavy atom. The van der Waals surface area contributed by atoms with Gasteiger partial charge in [0.2, 0.25) is 44.8 Å². The van der Waals surface area contributed by atoms with E-state index < -0.39 is 0 Å². The summed E-state index contributed by atoms with van der Waals surface area (Å²) in [6, 6.07) is 63.3. The second-order valence-corrected chi connectivity index (χ2v) is 35.7. The zero-order chi connectivity index (χ0) is 87.1. The Morgan fingerprint density at radius 1 is 0.301 bits per heavy atom. The molecule has 0 aliphatic heterocycles. The fourth-order valence-corrected chi connectivity index (χ4v) is 18.5. The molecule has 0 aliphatic rings. The van der Waals surface area contributed by atoms with Gasteiger partial charge in [0.05, 0.1) is 38.4 Å². The van der Waals surface area contributed by atoms with Gasteiger partial charge < -0.3 is 17.7 Å². The number of fused-ring (bicyclic) bond motifs is 16. The average molecular weight is 1640 g/mol. The van der Waals surface area contributed by atoms with Gasteiger partial charge in [0.25, 0.3) is 0 Å². The Hall–Kier alpha value is -12.9. The first-order valence-electron chi connectivity index (χ1n) is 42.1. The maximum Gasteiger partial charge on any atom is 0.217 e. The molecule has 0 saturated carbocycles. The monoisotopic (exact) mass is 1640 g/mol. The van der Waals surface area contributed by atoms with Crippen molar-refractivity contribution in [3.63, 3.8) is 0 Å². The molecular formula is C109H100F6N4O4+4. The topological polar surface area (TPSA) is 68.1 Å². The fraction of sp³-hybridized carbons (Fsp3) is 0.229. The Kier molecular flexibility index (Phi) is 21.1. The molecule has 14 heteroatoms. The highest BCUT2D eigenvalue weighted by Crippen LogP contribution is 2.46. The van der Waals surface area contributed by atoms with Crippen molar-refractivity contribution >= 4 is 131 Å². The molecule has 0 N–H and O–H groups in total. The van der Waals surface area contributed by atoms with E-state index in [0.29, 0.717) is 22.7 Å². The van der Waals surface area contributed by atoms with Crippen LogP contribution in [0.25, 0.3) is 176 Å². The molecule has 8 nitrogen and oxygen atoms in total. The molecule has 0 aliphatic carbocycles. The zero-order valence-electron chi connectivity index (χ0n) is 73.4. The Balaban J connectivity index is 0.000000117. The van der Waals surface area contributed by atoms with Gasteiger partial charge in [-0.05, 0) is 274 Å². The van der Waals surface area contributed by atoms with Crippen LogP contribution in [0.4, 0.5) is 26.3 Å². The van der Waals surface area contributed by atoms with Crippen LogP contribution in [-0.2, 0) is 41.0 Å². The van der Waals surface area contributed by atoms with E-state index in [1.54, 1.807) is 36.4 Å². The lowest BCUT2D eigenvalue weighted by Gasteiger charge is -2.20. The largest absolute Gasteiger partial charge is 0.455 e. The first kappa shape index (κ1) is 82.4. The van der Waals surface area contributed by atoms with Crippen molar-refractivity contribution in [2.45, 2.75) is 130 Å². The summed E-state index contributed by atoms with van der Waals surface area (Å²) in [6.07, 6.45) is 1.65. The third-order valence-corrected chi connectivity index (χ3v) is 25.2. The van der Waals surface area contributed by atoms with Crippen LogP contribution in [0.3, 0.4) is 0 Å². The van der Waals surface area contributed by atoms with E-state index in [1.807, 2.05) is 51.5 Å². The summed E-state index contributed by atoms with van der Waals surface area (Å²) in [4.78, 5) is 0. The normalized spacial score (nSPS) is 12.0. The number of hydrogen-bond donors (Lipinski definition) is 0. The van der Waals surface area contributed by atoms with Gasteiger partial charge >= 0.3 is 0 Å². The van der Waals surface area contributed by atoms with Crippen molar-refractivity contribution in [1.82, 2.24) is 0 Å². The van der Waals surface area contributed by atoms with Gasteiger partial charge in [0, 0.05) is 115 Å². The highest BCUT2D eigenvalue weighted by molar-refractivity contribution is 6.14. The molecule has 20 rings (SSSR count). The maximum atomic E-state index is 14.2. The molecule has 0 spiro atoms. The molecule has 0 bridgehead atoms. The summed E-state index contributed by atoms with van der Waals surface area (Å²) in [5, 5.41) is 12.0. The number of aryl methyl sites for hydroxylation is 9. The van der Waals surface area contributed by atoms with Crippen molar-refractivity contribution in [2.75, 3.05) is 0 Å². The van der Waals surface area contributed by atoms with Crippen molar-refractivity contribution < 1.29 is 62.3 Å². The molecule has 123 heavy (non-hydrogen) atoms. The van der Waals surface area contributed by atoms with Crippen molar-refractivity contribution in [2.24, 2.45) is 39.5 Å². The van der Waals surface area contributed by atoms with E-state index in [2.05, 4.69) is 221 Å². The third-order valence-electron chi connectivity index (χ3n) is 25.2. The predicted octanol–water partition coefficient (Wildman–Crippen LogP) is 28.4. The van der Waals surface area contributed by atoms with Crippen LogP contribution in [0, 0.1) is 109 Å². The molecule has 0 fully saturated rings. The number of halogens is 6. The van der Waals surface area contributed by atoms with Gasteiger partial charge in [-0.2, -0.15) is 18.3 Å². The summed E-state index contributed by atoms with van der Waals surface area (Å²) in [6.45, 7) is 34.2. The summed E-state index contributed by atoms with van der Waals surface area (Å²) in [7, 11) is 8.15. The molecule has 0 unspecified atom stereocenters. The van der Waals surface area contributed by atoms with Crippen LogP contribution >= 0.6 is 0 Å². The molecule has 0 radical (unpaired) electrons.